The molecule has 0 spiro atoms. The summed E-state index contributed by atoms with van der Waals surface area (Å²) < 4.78 is 11.4. The van der Waals surface area contributed by atoms with Gasteiger partial charge in [0.1, 0.15) is 5.75 Å². The SMILES string of the molecule is CCNC(COC(C)C)c1cncc(OC(C)C)c1. The third-order valence-electron chi connectivity index (χ3n) is 2.56. The van der Waals surface area contributed by atoms with Crippen molar-refractivity contribution < 1.29 is 9.47 Å². The molecule has 1 aromatic heterocycles. The lowest BCUT2D eigenvalue weighted by atomic mass is 10.1. The van der Waals surface area contributed by atoms with Gasteiger partial charge in [-0.1, -0.05) is 6.92 Å². The lowest BCUT2D eigenvalue weighted by Crippen LogP contribution is -2.26. The molecule has 0 fully saturated rings. The number of nitrogens with zero attached hydrogens (tertiary/aromatic N) is 1. The Kier molecular flexibility index (Phi) is 6.81. The van der Waals surface area contributed by atoms with Crippen molar-refractivity contribution in [1.82, 2.24) is 10.3 Å². The minimum absolute atomic E-state index is 0.149. The van der Waals surface area contributed by atoms with Gasteiger partial charge in [-0.2, -0.15) is 0 Å². The summed E-state index contributed by atoms with van der Waals surface area (Å²) >= 11 is 0. The Labute approximate surface area is 116 Å². The van der Waals surface area contributed by atoms with E-state index in [0.717, 1.165) is 17.9 Å². The summed E-state index contributed by atoms with van der Waals surface area (Å²) in [5, 5.41) is 3.41. The lowest BCUT2D eigenvalue weighted by Gasteiger charge is -2.20. The van der Waals surface area contributed by atoms with Crippen molar-refractivity contribution in [2.24, 2.45) is 0 Å². The highest BCUT2D eigenvalue weighted by Gasteiger charge is 2.13. The van der Waals surface area contributed by atoms with Gasteiger partial charge in [-0.05, 0) is 45.9 Å². The molecule has 0 saturated carbocycles. The highest BCUT2D eigenvalue weighted by atomic mass is 16.5. The molecule has 1 atom stereocenters. The van der Waals surface area contributed by atoms with Gasteiger partial charge >= 0.3 is 0 Å². The zero-order chi connectivity index (χ0) is 14.3. The summed E-state index contributed by atoms with van der Waals surface area (Å²) in [7, 11) is 0. The molecule has 1 unspecified atom stereocenters. The van der Waals surface area contributed by atoms with Crippen LogP contribution in [0, 0.1) is 0 Å². The number of pyridine rings is 1. The fourth-order valence-electron chi connectivity index (χ4n) is 1.77. The second kappa shape index (κ2) is 8.12. The maximum absolute atomic E-state index is 5.70. The molecule has 0 amide bonds. The summed E-state index contributed by atoms with van der Waals surface area (Å²) in [5.41, 5.74) is 1.10. The van der Waals surface area contributed by atoms with E-state index in [-0.39, 0.29) is 18.2 Å². The van der Waals surface area contributed by atoms with Gasteiger partial charge in [0.15, 0.2) is 0 Å². The van der Waals surface area contributed by atoms with E-state index in [2.05, 4.69) is 17.2 Å². The van der Waals surface area contributed by atoms with Crippen LogP contribution in [-0.4, -0.2) is 30.3 Å². The molecule has 0 aliphatic carbocycles. The first-order valence-corrected chi connectivity index (χ1v) is 6.99. The lowest BCUT2D eigenvalue weighted by molar-refractivity contribution is 0.0613. The molecule has 0 aliphatic heterocycles. The number of nitrogens with one attached hydrogen (secondary N) is 1. The Bertz CT molecular complexity index is 367. The molecule has 0 radical (unpaired) electrons. The number of hydrogen-bond donors (Lipinski definition) is 1. The van der Waals surface area contributed by atoms with Crippen LogP contribution in [0.1, 0.15) is 46.2 Å². The van der Waals surface area contributed by atoms with Crippen LogP contribution in [-0.2, 0) is 4.74 Å². The molecule has 0 aromatic carbocycles. The number of ether oxygens (including phenoxy) is 2. The molecule has 1 N–H and O–H groups in total. The van der Waals surface area contributed by atoms with E-state index in [1.54, 1.807) is 6.20 Å². The molecule has 4 nitrogen and oxygen atoms in total. The molecule has 19 heavy (non-hydrogen) atoms. The van der Waals surface area contributed by atoms with Gasteiger partial charge in [-0.25, -0.2) is 0 Å². The van der Waals surface area contributed by atoms with Crippen LogP contribution in [0.3, 0.4) is 0 Å². The standard InChI is InChI=1S/C15H26N2O2/c1-6-17-15(10-18-11(2)3)13-7-14(9-16-8-13)19-12(4)5/h7-9,11-12,15,17H,6,10H2,1-5H3. The quantitative estimate of drug-likeness (QED) is 0.785. The van der Waals surface area contributed by atoms with Crippen molar-refractivity contribution >= 4 is 0 Å². The van der Waals surface area contributed by atoms with Crippen molar-refractivity contribution in [2.75, 3.05) is 13.2 Å². The van der Waals surface area contributed by atoms with E-state index in [1.165, 1.54) is 0 Å². The molecule has 1 aromatic rings. The van der Waals surface area contributed by atoms with Gasteiger partial charge in [0, 0.05) is 6.20 Å². The summed E-state index contributed by atoms with van der Waals surface area (Å²) in [6.45, 7) is 11.7. The summed E-state index contributed by atoms with van der Waals surface area (Å²) in [5.74, 6) is 0.806. The molecule has 0 saturated heterocycles. The van der Waals surface area contributed by atoms with Crippen molar-refractivity contribution in [3.8, 4) is 5.75 Å². The van der Waals surface area contributed by atoms with E-state index < -0.39 is 0 Å². The van der Waals surface area contributed by atoms with Gasteiger partial charge in [-0.15, -0.1) is 0 Å². The normalized spacial score (nSPS) is 13.0. The van der Waals surface area contributed by atoms with Gasteiger partial charge in [0.2, 0.25) is 0 Å². The zero-order valence-corrected chi connectivity index (χ0v) is 12.6. The molecule has 4 heteroatoms. The van der Waals surface area contributed by atoms with E-state index in [1.807, 2.05) is 40.0 Å². The van der Waals surface area contributed by atoms with Gasteiger partial charge < -0.3 is 14.8 Å². The highest BCUT2D eigenvalue weighted by Crippen LogP contribution is 2.19. The second-order valence-electron chi connectivity index (χ2n) is 5.11. The smallest absolute Gasteiger partial charge is 0.138 e. The molecule has 108 valence electrons. The van der Waals surface area contributed by atoms with Gasteiger partial charge in [0.05, 0.1) is 31.1 Å². The molecule has 0 bridgehead atoms. The molecule has 0 aliphatic rings. The van der Waals surface area contributed by atoms with Crippen molar-refractivity contribution in [3.05, 3.63) is 24.0 Å². The monoisotopic (exact) mass is 266 g/mol. The Morgan fingerprint density at radius 3 is 2.47 bits per heavy atom. The Morgan fingerprint density at radius 1 is 1.16 bits per heavy atom. The van der Waals surface area contributed by atoms with Gasteiger partial charge in [0.25, 0.3) is 0 Å². The molecular weight excluding hydrogens is 240 g/mol. The summed E-state index contributed by atoms with van der Waals surface area (Å²) in [6.07, 6.45) is 3.99. The van der Waals surface area contributed by atoms with Crippen molar-refractivity contribution in [2.45, 2.75) is 52.9 Å². The predicted octanol–water partition coefficient (Wildman–Crippen LogP) is 2.94. The number of hydrogen-bond acceptors (Lipinski definition) is 4. The van der Waals surface area contributed by atoms with Crippen LogP contribution in [0.4, 0.5) is 0 Å². The van der Waals surface area contributed by atoms with Crippen molar-refractivity contribution in [1.29, 1.82) is 0 Å². The molecular formula is C15H26N2O2. The van der Waals surface area contributed by atoms with Crippen LogP contribution in [0.5, 0.6) is 5.75 Å². The molecule has 1 heterocycles. The van der Waals surface area contributed by atoms with E-state index in [9.17, 15) is 0 Å². The van der Waals surface area contributed by atoms with Crippen LogP contribution in [0.2, 0.25) is 0 Å². The third kappa shape index (κ3) is 6.03. The van der Waals surface area contributed by atoms with E-state index in [0.29, 0.717) is 6.61 Å². The number of aromatic nitrogens is 1. The van der Waals surface area contributed by atoms with Crippen LogP contribution < -0.4 is 10.1 Å². The van der Waals surface area contributed by atoms with Crippen LogP contribution in [0.15, 0.2) is 18.5 Å². The number of likely N-dealkylation sites (N-methyl/N-ethyl adjacent to an activating group) is 1. The van der Waals surface area contributed by atoms with Crippen LogP contribution in [0.25, 0.3) is 0 Å². The first-order chi connectivity index (χ1) is 9.02. The van der Waals surface area contributed by atoms with E-state index in [4.69, 9.17) is 9.47 Å². The Balaban J connectivity index is 2.76. The predicted molar refractivity (Wildman–Crippen MR) is 77.5 cm³/mol. The Morgan fingerprint density at radius 2 is 1.89 bits per heavy atom. The minimum atomic E-state index is 0.149. The maximum Gasteiger partial charge on any atom is 0.138 e. The first-order valence-electron chi connectivity index (χ1n) is 6.99. The zero-order valence-electron chi connectivity index (χ0n) is 12.6. The third-order valence-corrected chi connectivity index (χ3v) is 2.56. The first kappa shape index (κ1) is 15.9. The van der Waals surface area contributed by atoms with Crippen molar-refractivity contribution in [3.63, 3.8) is 0 Å². The summed E-state index contributed by atoms with van der Waals surface area (Å²) in [6, 6.07) is 2.18. The molecule has 1 rings (SSSR count). The fraction of sp³-hybridized carbons (Fsp3) is 0.667. The average molecular weight is 266 g/mol. The average Bonchev–Trinajstić information content (AvgIpc) is 2.33. The highest BCUT2D eigenvalue weighted by molar-refractivity contribution is 5.26. The second-order valence-corrected chi connectivity index (χ2v) is 5.11. The van der Waals surface area contributed by atoms with Gasteiger partial charge in [-0.3, -0.25) is 4.98 Å². The summed E-state index contributed by atoms with van der Waals surface area (Å²) in [4.78, 5) is 4.25. The number of rotatable bonds is 8. The topological polar surface area (TPSA) is 43.4 Å². The van der Waals surface area contributed by atoms with Crippen LogP contribution >= 0.6 is 0 Å². The Hall–Kier alpha value is -1.13. The van der Waals surface area contributed by atoms with E-state index >= 15 is 0 Å². The maximum atomic E-state index is 5.70. The fourth-order valence-corrected chi connectivity index (χ4v) is 1.77. The minimum Gasteiger partial charge on any atom is -0.489 e. The largest absolute Gasteiger partial charge is 0.489 e.